The molecule has 10 aromatic carbocycles. The first kappa shape index (κ1) is 41.9. The van der Waals surface area contributed by atoms with Gasteiger partial charge in [-0.3, -0.25) is 0 Å². The van der Waals surface area contributed by atoms with Crippen LogP contribution < -0.4 is 4.90 Å². The lowest BCUT2D eigenvalue weighted by Crippen LogP contribution is -2.28. The van der Waals surface area contributed by atoms with Crippen LogP contribution in [0.2, 0.25) is 0 Å². The fourth-order valence-corrected chi connectivity index (χ4v) is 12.1. The molecule has 336 valence electrons. The van der Waals surface area contributed by atoms with Gasteiger partial charge in [0.05, 0.1) is 11.1 Å². The van der Waals surface area contributed by atoms with E-state index >= 15 is 0 Å². The van der Waals surface area contributed by atoms with Gasteiger partial charge >= 0.3 is 0 Å². The molecule has 2 aliphatic carbocycles. The summed E-state index contributed by atoms with van der Waals surface area (Å²) in [6.07, 6.45) is 0. The van der Waals surface area contributed by atoms with E-state index in [1.807, 2.05) is 6.07 Å². The summed E-state index contributed by atoms with van der Waals surface area (Å²) in [5, 5.41) is 2.27. The maximum Gasteiger partial charge on any atom is 0.143 e. The smallest absolute Gasteiger partial charge is 0.143 e. The van der Waals surface area contributed by atoms with Crippen molar-refractivity contribution in [2.45, 2.75) is 50.9 Å². The molecule has 0 bridgehead atoms. The van der Waals surface area contributed by atoms with Gasteiger partial charge < -0.3 is 9.32 Å². The molecular weight excluding hydrogens is 847 g/mol. The second kappa shape index (κ2) is 15.7. The Kier molecular flexibility index (Phi) is 9.39. The molecule has 0 fully saturated rings. The van der Waals surface area contributed by atoms with Crippen molar-refractivity contribution in [1.82, 2.24) is 0 Å². The van der Waals surface area contributed by atoms with Crippen LogP contribution in [0.1, 0.15) is 73.6 Å². The van der Waals surface area contributed by atoms with Gasteiger partial charge in [-0.05, 0) is 114 Å². The molecule has 1 heterocycles. The molecule has 2 aliphatic rings. The van der Waals surface area contributed by atoms with Gasteiger partial charge in [0.1, 0.15) is 11.2 Å². The summed E-state index contributed by atoms with van der Waals surface area (Å²) in [5.41, 5.74) is 23.3. The topological polar surface area (TPSA) is 16.4 Å². The lowest BCUT2D eigenvalue weighted by molar-refractivity contribution is 0.590. The van der Waals surface area contributed by atoms with Crippen molar-refractivity contribution in [2.75, 3.05) is 4.90 Å². The maximum atomic E-state index is 6.55. The van der Waals surface area contributed by atoms with E-state index in [0.29, 0.717) is 0 Å². The van der Waals surface area contributed by atoms with Crippen molar-refractivity contribution >= 4 is 39.0 Å². The third-order valence-electron chi connectivity index (χ3n) is 15.6. The number of hydrogen-bond donors (Lipinski definition) is 0. The van der Waals surface area contributed by atoms with Crippen LogP contribution in [0, 0.1) is 0 Å². The fraction of sp³-hybridized carbons (Fsp3) is 0.118. The van der Waals surface area contributed by atoms with Crippen molar-refractivity contribution < 1.29 is 4.42 Å². The van der Waals surface area contributed by atoms with Crippen molar-refractivity contribution in [3.8, 4) is 44.5 Å². The SMILES string of the molecule is CC(C)(C)c1ccc(-c2ccc(N(c3ccc4c(c3)C(C)(C)c3ccccc3-4)c3cccc4c3-c3ccccc3C4(c3ccccc3)c3ccc(-c4cccc5c4oc4ccccc45)cc3)cc2)cc1. The average Bonchev–Trinajstić information content (AvgIpc) is 4.01. The average molecular weight is 900 g/mol. The van der Waals surface area contributed by atoms with E-state index in [4.69, 9.17) is 4.42 Å². The van der Waals surface area contributed by atoms with Crippen LogP contribution in [0.4, 0.5) is 17.1 Å². The Morgan fingerprint density at radius 3 is 1.71 bits per heavy atom. The van der Waals surface area contributed by atoms with Crippen molar-refractivity contribution in [1.29, 1.82) is 0 Å². The number of fused-ring (bicyclic) bond motifs is 9. The van der Waals surface area contributed by atoms with E-state index in [1.165, 1.54) is 72.3 Å². The molecule has 0 saturated heterocycles. The molecule has 11 aromatic rings. The van der Waals surface area contributed by atoms with Gasteiger partial charge in [0, 0.05) is 38.7 Å². The zero-order valence-corrected chi connectivity index (χ0v) is 40.3. The number of para-hydroxylation sites is 2. The van der Waals surface area contributed by atoms with Gasteiger partial charge in [-0.15, -0.1) is 0 Å². The van der Waals surface area contributed by atoms with Gasteiger partial charge in [-0.25, -0.2) is 0 Å². The Morgan fingerprint density at radius 2 is 0.957 bits per heavy atom. The van der Waals surface area contributed by atoms with Gasteiger partial charge in [-0.2, -0.15) is 0 Å². The lowest BCUT2D eigenvalue weighted by atomic mass is 9.67. The first-order valence-corrected chi connectivity index (χ1v) is 24.7. The highest BCUT2D eigenvalue weighted by Gasteiger charge is 2.47. The van der Waals surface area contributed by atoms with Gasteiger partial charge in [0.15, 0.2) is 0 Å². The molecule has 0 N–H and O–H groups in total. The lowest BCUT2D eigenvalue weighted by Gasteiger charge is -2.34. The molecule has 70 heavy (non-hydrogen) atoms. The summed E-state index contributed by atoms with van der Waals surface area (Å²) in [6.45, 7) is 11.6. The Balaban J connectivity index is 1.01. The number of furan rings is 1. The third kappa shape index (κ3) is 6.26. The number of benzene rings is 10. The number of hydrogen-bond acceptors (Lipinski definition) is 2. The maximum absolute atomic E-state index is 6.55. The predicted molar refractivity (Wildman–Crippen MR) is 293 cm³/mol. The second-order valence-corrected chi connectivity index (χ2v) is 20.8. The Hall–Kier alpha value is -8.20. The van der Waals surface area contributed by atoms with Crippen LogP contribution >= 0.6 is 0 Å². The molecule has 2 nitrogen and oxygen atoms in total. The predicted octanol–water partition coefficient (Wildman–Crippen LogP) is 18.4. The van der Waals surface area contributed by atoms with Gasteiger partial charge in [0.2, 0.25) is 0 Å². The summed E-state index contributed by atoms with van der Waals surface area (Å²) in [5.74, 6) is 0. The molecule has 0 aliphatic heterocycles. The largest absolute Gasteiger partial charge is 0.455 e. The van der Waals surface area contributed by atoms with Gasteiger partial charge in [-0.1, -0.05) is 229 Å². The van der Waals surface area contributed by atoms with Crippen LogP contribution in [0.5, 0.6) is 0 Å². The highest BCUT2D eigenvalue weighted by molar-refractivity contribution is 6.09. The molecule has 2 heteroatoms. The number of anilines is 3. The zero-order chi connectivity index (χ0) is 47.4. The minimum Gasteiger partial charge on any atom is -0.455 e. The highest BCUT2D eigenvalue weighted by Crippen LogP contribution is 2.60. The second-order valence-electron chi connectivity index (χ2n) is 20.8. The summed E-state index contributed by atoms with van der Waals surface area (Å²) in [7, 11) is 0. The minimum atomic E-state index is -0.608. The first-order chi connectivity index (χ1) is 34.1. The number of nitrogens with zero attached hydrogens (tertiary/aromatic N) is 1. The van der Waals surface area contributed by atoms with E-state index in [0.717, 1.165) is 50.1 Å². The zero-order valence-electron chi connectivity index (χ0n) is 40.3. The monoisotopic (exact) mass is 899 g/mol. The summed E-state index contributed by atoms with van der Waals surface area (Å²) in [4.78, 5) is 2.51. The molecule has 1 unspecified atom stereocenters. The van der Waals surface area contributed by atoms with Crippen molar-refractivity contribution in [3.63, 3.8) is 0 Å². The quantitative estimate of drug-likeness (QED) is 0.158. The van der Waals surface area contributed by atoms with Crippen LogP contribution in [-0.4, -0.2) is 0 Å². The Labute approximate surface area is 411 Å². The van der Waals surface area contributed by atoms with E-state index in [1.54, 1.807) is 0 Å². The molecule has 0 saturated carbocycles. The Morgan fingerprint density at radius 1 is 0.400 bits per heavy atom. The van der Waals surface area contributed by atoms with Crippen LogP contribution in [0.15, 0.2) is 235 Å². The summed E-state index contributed by atoms with van der Waals surface area (Å²) >= 11 is 0. The highest BCUT2D eigenvalue weighted by atomic mass is 16.3. The van der Waals surface area contributed by atoms with E-state index < -0.39 is 5.41 Å². The van der Waals surface area contributed by atoms with E-state index in [2.05, 4.69) is 264 Å². The molecule has 0 radical (unpaired) electrons. The minimum absolute atomic E-state index is 0.0934. The number of rotatable bonds is 7. The van der Waals surface area contributed by atoms with Crippen molar-refractivity contribution in [2.24, 2.45) is 0 Å². The molecule has 0 amide bonds. The standard InChI is InChI=1S/C68H53NO/c1-66(2,3)47-35-29-44(30-36-47)45-33-39-50(40-34-45)69(51-41-42-54-53-19-9-12-24-58(53)67(4,5)61(54)43-51)62-27-16-26-60-64(62)57-21-10-13-25-59(57)68(60,48-17-7-6-8-18-48)49-37-31-46(32-38-49)52-22-15-23-56-55-20-11-14-28-63(55)70-65(52)56/h6-43H,1-5H3. The Bertz CT molecular complexity index is 3810. The molecule has 1 aromatic heterocycles. The molecule has 13 rings (SSSR count). The summed E-state index contributed by atoms with van der Waals surface area (Å²) < 4.78 is 6.55. The molecule has 1 atom stereocenters. The summed E-state index contributed by atoms with van der Waals surface area (Å²) in [6, 6.07) is 85.7. The van der Waals surface area contributed by atoms with Crippen LogP contribution in [0.25, 0.3) is 66.4 Å². The van der Waals surface area contributed by atoms with E-state index in [-0.39, 0.29) is 10.8 Å². The fourth-order valence-electron chi connectivity index (χ4n) is 12.1. The van der Waals surface area contributed by atoms with Gasteiger partial charge in [0.25, 0.3) is 0 Å². The third-order valence-corrected chi connectivity index (χ3v) is 15.6. The first-order valence-electron chi connectivity index (χ1n) is 24.7. The molecular formula is C68H53NO. The van der Waals surface area contributed by atoms with Crippen molar-refractivity contribution in [3.05, 3.63) is 269 Å². The van der Waals surface area contributed by atoms with Crippen LogP contribution in [0.3, 0.4) is 0 Å². The molecule has 0 spiro atoms. The normalized spacial score (nSPS) is 15.4. The van der Waals surface area contributed by atoms with E-state index in [9.17, 15) is 0 Å². The van der Waals surface area contributed by atoms with Crippen LogP contribution in [-0.2, 0) is 16.2 Å².